The first kappa shape index (κ1) is 38.3. The number of aromatic nitrogens is 4. The fourth-order valence-corrected chi connectivity index (χ4v) is 11.3. The van der Waals surface area contributed by atoms with Gasteiger partial charge in [-0.15, -0.1) is 0 Å². The van der Waals surface area contributed by atoms with Crippen LogP contribution >= 0.6 is 0 Å². The first-order valence-corrected chi connectivity index (χ1v) is 23.3. The summed E-state index contributed by atoms with van der Waals surface area (Å²) in [4.78, 5) is 15.5. The molecule has 0 fully saturated rings. The third-order valence-electron chi connectivity index (χ3n) is 14.3. The van der Waals surface area contributed by atoms with Gasteiger partial charge in [-0.25, -0.2) is 15.0 Å². The molecule has 10 aromatic carbocycles. The van der Waals surface area contributed by atoms with Gasteiger partial charge in [0.05, 0.1) is 22.1 Å². The number of rotatable bonds is 6. The molecule has 0 saturated heterocycles. The standard InChI is InChI=1S/C64H40N4/c1-3-16-41(17-4-1)42-32-34-43(35-33-42)45-20-13-22-48(38-45)62-65-61(44-18-5-2-6-19-44)66-63(67-62)49-23-14-21-46(39-49)47-36-37-56-59(40-47)68-58-31-12-9-26-52(58)53-27-15-30-57(60(53)68)64(56)54-28-10-7-24-50(54)51-25-8-11-29-55(51)64/h1-40H. The van der Waals surface area contributed by atoms with E-state index in [2.05, 4.69) is 223 Å². The van der Waals surface area contributed by atoms with Gasteiger partial charge in [0.15, 0.2) is 17.5 Å². The van der Waals surface area contributed by atoms with Gasteiger partial charge in [0.25, 0.3) is 0 Å². The zero-order chi connectivity index (χ0) is 44.8. The Kier molecular flexibility index (Phi) is 8.46. The molecule has 4 heteroatoms. The molecule has 0 N–H and O–H groups in total. The highest BCUT2D eigenvalue weighted by Gasteiger charge is 2.50. The smallest absolute Gasteiger partial charge is 0.164 e. The molecular weight excluding hydrogens is 825 g/mol. The van der Waals surface area contributed by atoms with Crippen molar-refractivity contribution >= 4 is 21.8 Å². The largest absolute Gasteiger partial charge is 0.309 e. The molecule has 0 unspecified atom stereocenters. The minimum Gasteiger partial charge on any atom is -0.309 e. The predicted octanol–water partition coefficient (Wildman–Crippen LogP) is 15.6. The van der Waals surface area contributed by atoms with Crippen molar-refractivity contribution < 1.29 is 0 Å². The first-order chi connectivity index (χ1) is 33.7. The maximum atomic E-state index is 5.24. The molecule has 2 aromatic heterocycles. The fourth-order valence-electron chi connectivity index (χ4n) is 11.3. The Morgan fingerprint density at radius 1 is 0.279 bits per heavy atom. The van der Waals surface area contributed by atoms with Crippen LogP contribution in [0.25, 0.3) is 106 Å². The van der Waals surface area contributed by atoms with E-state index in [1.807, 2.05) is 24.3 Å². The Morgan fingerprint density at radius 2 is 0.706 bits per heavy atom. The topological polar surface area (TPSA) is 43.6 Å². The van der Waals surface area contributed by atoms with Crippen molar-refractivity contribution in [3.63, 3.8) is 0 Å². The molecule has 0 radical (unpaired) electrons. The van der Waals surface area contributed by atoms with Crippen LogP contribution in [0.2, 0.25) is 0 Å². The van der Waals surface area contributed by atoms with Crippen molar-refractivity contribution in [3.05, 3.63) is 265 Å². The van der Waals surface area contributed by atoms with Gasteiger partial charge in [0, 0.05) is 27.5 Å². The van der Waals surface area contributed by atoms with E-state index >= 15 is 0 Å². The predicted molar refractivity (Wildman–Crippen MR) is 278 cm³/mol. The molecule has 1 aliphatic heterocycles. The zero-order valence-corrected chi connectivity index (χ0v) is 36.9. The third kappa shape index (κ3) is 5.71. The Labute approximate surface area is 394 Å². The maximum Gasteiger partial charge on any atom is 0.164 e. The Morgan fingerprint density at radius 3 is 1.37 bits per heavy atom. The van der Waals surface area contributed by atoms with Gasteiger partial charge in [-0.2, -0.15) is 0 Å². The molecule has 14 rings (SSSR count). The summed E-state index contributed by atoms with van der Waals surface area (Å²) in [6.07, 6.45) is 0. The lowest BCUT2D eigenvalue weighted by molar-refractivity contribution is 0.748. The highest BCUT2D eigenvalue weighted by Crippen LogP contribution is 2.61. The number of hydrogen-bond donors (Lipinski definition) is 0. The van der Waals surface area contributed by atoms with Gasteiger partial charge < -0.3 is 4.57 Å². The molecule has 68 heavy (non-hydrogen) atoms. The van der Waals surface area contributed by atoms with E-state index in [4.69, 9.17) is 15.0 Å². The van der Waals surface area contributed by atoms with E-state index in [1.54, 1.807) is 0 Å². The zero-order valence-electron chi connectivity index (χ0n) is 36.9. The lowest BCUT2D eigenvalue weighted by Gasteiger charge is -2.39. The Balaban J connectivity index is 0.920. The normalized spacial score (nSPS) is 12.8. The Bertz CT molecular complexity index is 3920. The summed E-state index contributed by atoms with van der Waals surface area (Å²) in [7, 11) is 0. The second kappa shape index (κ2) is 15.0. The minimum atomic E-state index is -0.495. The molecule has 0 atom stereocenters. The average Bonchev–Trinajstić information content (AvgIpc) is 3.92. The molecule has 1 spiro atoms. The van der Waals surface area contributed by atoms with Crippen LogP contribution in [0.1, 0.15) is 22.3 Å². The molecule has 1 aliphatic carbocycles. The van der Waals surface area contributed by atoms with Crippen LogP contribution in [-0.2, 0) is 5.41 Å². The van der Waals surface area contributed by atoms with Crippen LogP contribution in [0.15, 0.2) is 243 Å². The summed E-state index contributed by atoms with van der Waals surface area (Å²) in [6.45, 7) is 0. The van der Waals surface area contributed by atoms with Crippen molar-refractivity contribution in [1.82, 2.24) is 19.5 Å². The number of para-hydroxylation sites is 2. The summed E-state index contributed by atoms with van der Waals surface area (Å²) in [5.41, 5.74) is 20.6. The van der Waals surface area contributed by atoms with Gasteiger partial charge >= 0.3 is 0 Å². The van der Waals surface area contributed by atoms with Crippen molar-refractivity contribution in [2.75, 3.05) is 0 Å². The quantitative estimate of drug-likeness (QED) is 0.167. The highest BCUT2D eigenvalue weighted by atomic mass is 15.0. The van der Waals surface area contributed by atoms with Crippen LogP contribution in [0, 0.1) is 0 Å². The maximum absolute atomic E-state index is 5.24. The van der Waals surface area contributed by atoms with E-state index in [9.17, 15) is 0 Å². The van der Waals surface area contributed by atoms with Gasteiger partial charge in [-0.1, -0.05) is 218 Å². The highest BCUT2D eigenvalue weighted by molar-refractivity contribution is 6.13. The first-order valence-electron chi connectivity index (χ1n) is 23.3. The lowest BCUT2D eigenvalue weighted by atomic mass is 9.65. The summed E-state index contributed by atoms with van der Waals surface area (Å²) in [5, 5.41) is 2.52. The van der Waals surface area contributed by atoms with E-state index in [1.165, 1.54) is 72.0 Å². The number of benzene rings is 10. The summed E-state index contributed by atoms with van der Waals surface area (Å²) in [5.74, 6) is 1.88. The molecule has 3 heterocycles. The summed E-state index contributed by atoms with van der Waals surface area (Å²) < 4.78 is 2.52. The molecule has 0 saturated carbocycles. The van der Waals surface area contributed by atoms with Crippen molar-refractivity contribution in [3.8, 4) is 84.4 Å². The summed E-state index contributed by atoms with van der Waals surface area (Å²) in [6, 6.07) is 87.5. The molecule has 316 valence electrons. The van der Waals surface area contributed by atoms with Crippen LogP contribution in [0.3, 0.4) is 0 Å². The molecule has 4 nitrogen and oxygen atoms in total. The van der Waals surface area contributed by atoms with E-state index < -0.39 is 5.41 Å². The van der Waals surface area contributed by atoms with Gasteiger partial charge in [-0.05, 0) is 91.0 Å². The van der Waals surface area contributed by atoms with Gasteiger partial charge in [0.1, 0.15) is 0 Å². The Hall–Kier alpha value is -8.99. The number of nitrogens with zero attached hydrogens (tertiary/aromatic N) is 4. The number of hydrogen-bond acceptors (Lipinski definition) is 3. The van der Waals surface area contributed by atoms with Crippen LogP contribution in [0.5, 0.6) is 0 Å². The second-order valence-corrected chi connectivity index (χ2v) is 17.9. The molecule has 12 aromatic rings. The van der Waals surface area contributed by atoms with E-state index in [0.717, 1.165) is 38.9 Å². The van der Waals surface area contributed by atoms with Gasteiger partial charge in [0.2, 0.25) is 0 Å². The van der Waals surface area contributed by atoms with Crippen molar-refractivity contribution in [1.29, 1.82) is 0 Å². The molecule has 0 bridgehead atoms. The summed E-state index contributed by atoms with van der Waals surface area (Å²) >= 11 is 0. The van der Waals surface area contributed by atoms with E-state index in [0.29, 0.717) is 17.5 Å². The van der Waals surface area contributed by atoms with Crippen molar-refractivity contribution in [2.45, 2.75) is 5.41 Å². The van der Waals surface area contributed by atoms with Crippen molar-refractivity contribution in [2.24, 2.45) is 0 Å². The average molecular weight is 865 g/mol. The second-order valence-electron chi connectivity index (χ2n) is 17.9. The molecular formula is C64H40N4. The SMILES string of the molecule is c1ccc(-c2ccc(-c3cccc(-c4nc(-c5ccccc5)nc(-c5cccc(-c6ccc7c(c6)-n6c8ccccc8c8cccc(c86)C76c7ccccc7-c7ccccc76)c5)n4)c3)cc2)cc1. The minimum absolute atomic E-state index is 0.495. The monoisotopic (exact) mass is 864 g/mol. The van der Waals surface area contributed by atoms with Gasteiger partial charge in [-0.3, -0.25) is 0 Å². The third-order valence-corrected chi connectivity index (χ3v) is 14.3. The fraction of sp³-hybridized carbons (Fsp3) is 0.0156. The van der Waals surface area contributed by atoms with E-state index in [-0.39, 0.29) is 0 Å². The number of fused-ring (bicyclic) bond motifs is 12. The van der Waals surface area contributed by atoms with Crippen LogP contribution in [0.4, 0.5) is 0 Å². The molecule has 2 aliphatic rings. The van der Waals surface area contributed by atoms with Crippen LogP contribution in [-0.4, -0.2) is 19.5 Å². The van der Waals surface area contributed by atoms with Crippen LogP contribution < -0.4 is 0 Å². The lowest BCUT2D eigenvalue weighted by Crippen LogP contribution is -2.33. The molecule has 0 amide bonds.